The molecule has 1 heterocycles. The van der Waals surface area contributed by atoms with E-state index in [4.69, 9.17) is 0 Å². The molecule has 0 saturated carbocycles. The molecule has 1 aliphatic heterocycles. The zero-order valence-electron chi connectivity index (χ0n) is 15.6. The highest BCUT2D eigenvalue weighted by molar-refractivity contribution is 5.92. The number of carbonyl (C=O) groups is 2. The number of nitrogens with one attached hydrogen (secondary N) is 1. The summed E-state index contributed by atoms with van der Waals surface area (Å²) in [5.41, 5.74) is 1.20. The number of anilines is 1. The third-order valence-electron chi connectivity index (χ3n) is 4.80. The molecule has 1 aliphatic rings. The van der Waals surface area contributed by atoms with Crippen molar-refractivity contribution in [2.75, 3.05) is 38.0 Å². The first-order valence-corrected chi connectivity index (χ1v) is 9.33. The van der Waals surface area contributed by atoms with Gasteiger partial charge in [-0.1, -0.05) is 24.3 Å². The molecule has 2 N–H and O–H groups in total. The van der Waals surface area contributed by atoms with Crippen LogP contribution >= 0.6 is 0 Å². The first-order valence-electron chi connectivity index (χ1n) is 9.33. The molecule has 0 aromatic heterocycles. The Morgan fingerprint density at radius 3 is 2.50 bits per heavy atom. The summed E-state index contributed by atoms with van der Waals surface area (Å²) in [6.45, 7) is 2.55. The second-order valence-electron chi connectivity index (χ2n) is 6.84. The number of carbonyl (C=O) groups excluding carboxylic acids is 2. The van der Waals surface area contributed by atoms with E-state index < -0.39 is 5.82 Å². The van der Waals surface area contributed by atoms with Crippen molar-refractivity contribution in [3.05, 3.63) is 59.9 Å². The minimum absolute atomic E-state index is 0.0483. The van der Waals surface area contributed by atoms with Gasteiger partial charge < -0.3 is 15.3 Å². The van der Waals surface area contributed by atoms with Crippen LogP contribution in [-0.2, 0) is 16.0 Å². The van der Waals surface area contributed by atoms with Crippen LogP contribution in [0.3, 0.4) is 0 Å². The lowest BCUT2D eigenvalue weighted by Crippen LogP contribution is -2.50. The highest BCUT2D eigenvalue weighted by atomic mass is 19.1. The molecular weight excluding hydrogens is 361 g/mol. The van der Waals surface area contributed by atoms with Crippen molar-refractivity contribution in [1.82, 2.24) is 9.80 Å². The Morgan fingerprint density at radius 1 is 1.04 bits per heavy atom. The molecule has 28 heavy (non-hydrogen) atoms. The smallest absolute Gasteiger partial charge is 0.238 e. The van der Waals surface area contributed by atoms with Crippen LogP contribution in [0.25, 0.3) is 0 Å². The minimum atomic E-state index is -0.395. The fourth-order valence-corrected chi connectivity index (χ4v) is 3.25. The monoisotopic (exact) mass is 385 g/mol. The molecule has 0 atom stereocenters. The number of aryl methyl sites for hydroxylation is 1. The molecule has 0 aliphatic carbocycles. The number of amides is 2. The SMILES string of the molecule is O=C(CN1CCN(C(=O)CCc2ccccc2O)CC1)Nc1cccc(F)c1. The van der Waals surface area contributed by atoms with E-state index >= 15 is 0 Å². The van der Waals surface area contributed by atoms with Gasteiger partial charge in [0, 0.05) is 38.3 Å². The first-order chi connectivity index (χ1) is 13.5. The Kier molecular flexibility index (Phi) is 6.60. The average molecular weight is 385 g/mol. The van der Waals surface area contributed by atoms with Gasteiger partial charge in [-0.15, -0.1) is 0 Å². The number of benzene rings is 2. The van der Waals surface area contributed by atoms with Crippen LogP contribution in [0.15, 0.2) is 48.5 Å². The summed E-state index contributed by atoms with van der Waals surface area (Å²) in [4.78, 5) is 28.3. The summed E-state index contributed by atoms with van der Waals surface area (Å²) < 4.78 is 13.2. The van der Waals surface area contributed by atoms with Crippen molar-refractivity contribution in [2.45, 2.75) is 12.8 Å². The summed E-state index contributed by atoms with van der Waals surface area (Å²) >= 11 is 0. The third-order valence-corrected chi connectivity index (χ3v) is 4.80. The Hall–Kier alpha value is -2.93. The summed E-state index contributed by atoms with van der Waals surface area (Å²) in [5.74, 6) is -0.338. The standard InChI is InChI=1S/C21H24FN3O3/c22-17-5-3-6-18(14-17)23-20(27)15-24-10-12-25(13-11-24)21(28)9-8-16-4-1-2-7-19(16)26/h1-7,14,26H,8-13,15H2,(H,23,27). The predicted molar refractivity (Wildman–Crippen MR) is 104 cm³/mol. The zero-order chi connectivity index (χ0) is 19.9. The summed E-state index contributed by atoms with van der Waals surface area (Å²) in [5, 5.41) is 12.5. The van der Waals surface area contributed by atoms with Gasteiger partial charge in [-0.3, -0.25) is 14.5 Å². The molecule has 2 aromatic rings. The highest BCUT2D eigenvalue weighted by Gasteiger charge is 2.22. The van der Waals surface area contributed by atoms with Gasteiger partial charge in [0.15, 0.2) is 0 Å². The molecule has 1 fully saturated rings. The lowest BCUT2D eigenvalue weighted by Gasteiger charge is -2.34. The second kappa shape index (κ2) is 9.32. The van der Waals surface area contributed by atoms with E-state index in [9.17, 15) is 19.1 Å². The molecule has 6 nitrogen and oxygen atoms in total. The molecule has 2 amide bonds. The van der Waals surface area contributed by atoms with E-state index in [1.165, 1.54) is 12.1 Å². The van der Waals surface area contributed by atoms with Crippen LogP contribution in [0.5, 0.6) is 5.75 Å². The number of rotatable bonds is 6. The van der Waals surface area contributed by atoms with Gasteiger partial charge in [0.25, 0.3) is 0 Å². The Labute approximate surface area is 163 Å². The van der Waals surface area contributed by atoms with Crippen molar-refractivity contribution in [1.29, 1.82) is 0 Å². The lowest BCUT2D eigenvalue weighted by atomic mass is 10.1. The molecule has 0 radical (unpaired) electrons. The van der Waals surface area contributed by atoms with Gasteiger partial charge in [0.05, 0.1) is 6.54 Å². The largest absolute Gasteiger partial charge is 0.508 e. The maximum absolute atomic E-state index is 13.2. The number of piperazine rings is 1. The Balaban J connectivity index is 1.40. The van der Waals surface area contributed by atoms with Gasteiger partial charge in [0.2, 0.25) is 11.8 Å². The number of para-hydroxylation sites is 1. The van der Waals surface area contributed by atoms with Crippen LogP contribution in [0.4, 0.5) is 10.1 Å². The molecule has 1 saturated heterocycles. The van der Waals surface area contributed by atoms with Crippen LogP contribution in [0.1, 0.15) is 12.0 Å². The quantitative estimate of drug-likeness (QED) is 0.800. The molecule has 3 rings (SSSR count). The average Bonchev–Trinajstić information content (AvgIpc) is 2.67. The minimum Gasteiger partial charge on any atom is -0.508 e. The van der Waals surface area contributed by atoms with E-state index in [2.05, 4.69) is 5.32 Å². The number of hydrogen-bond donors (Lipinski definition) is 2. The lowest BCUT2D eigenvalue weighted by molar-refractivity contribution is -0.133. The van der Waals surface area contributed by atoms with Gasteiger partial charge in [-0.2, -0.15) is 0 Å². The van der Waals surface area contributed by atoms with Crippen molar-refractivity contribution in [3.63, 3.8) is 0 Å². The van der Waals surface area contributed by atoms with E-state index in [0.29, 0.717) is 44.7 Å². The van der Waals surface area contributed by atoms with Crippen LogP contribution in [0.2, 0.25) is 0 Å². The fourth-order valence-electron chi connectivity index (χ4n) is 3.25. The number of nitrogens with zero attached hydrogens (tertiary/aromatic N) is 2. The number of halogens is 1. The van der Waals surface area contributed by atoms with Crippen molar-refractivity contribution in [3.8, 4) is 5.75 Å². The third kappa shape index (κ3) is 5.53. The van der Waals surface area contributed by atoms with Gasteiger partial charge >= 0.3 is 0 Å². The first kappa shape index (κ1) is 19.8. The molecule has 148 valence electrons. The van der Waals surface area contributed by atoms with Gasteiger partial charge in [-0.25, -0.2) is 4.39 Å². The molecule has 2 aromatic carbocycles. The van der Waals surface area contributed by atoms with Crippen molar-refractivity contribution >= 4 is 17.5 Å². The highest BCUT2D eigenvalue weighted by Crippen LogP contribution is 2.18. The fraction of sp³-hybridized carbons (Fsp3) is 0.333. The number of phenols is 1. The molecule has 7 heteroatoms. The maximum Gasteiger partial charge on any atom is 0.238 e. The van der Waals surface area contributed by atoms with E-state index in [-0.39, 0.29) is 24.1 Å². The van der Waals surface area contributed by atoms with Crippen LogP contribution in [-0.4, -0.2) is 59.4 Å². The molecular formula is C21H24FN3O3. The molecule has 0 unspecified atom stereocenters. The van der Waals surface area contributed by atoms with E-state index in [1.807, 2.05) is 17.0 Å². The normalized spacial score (nSPS) is 14.7. The number of phenolic OH excluding ortho intramolecular Hbond substituents is 1. The molecule has 0 spiro atoms. The Morgan fingerprint density at radius 2 is 1.79 bits per heavy atom. The van der Waals surface area contributed by atoms with Crippen LogP contribution < -0.4 is 5.32 Å². The van der Waals surface area contributed by atoms with Crippen molar-refractivity contribution < 1.29 is 19.1 Å². The maximum atomic E-state index is 13.2. The van der Waals surface area contributed by atoms with Gasteiger partial charge in [0.1, 0.15) is 11.6 Å². The summed E-state index contributed by atoms with van der Waals surface area (Å²) in [7, 11) is 0. The second-order valence-corrected chi connectivity index (χ2v) is 6.84. The summed E-state index contributed by atoms with van der Waals surface area (Å²) in [6, 6.07) is 12.8. The topological polar surface area (TPSA) is 72.9 Å². The molecule has 0 bridgehead atoms. The number of aromatic hydroxyl groups is 1. The predicted octanol–water partition coefficient (Wildman–Crippen LogP) is 2.25. The summed E-state index contributed by atoms with van der Waals surface area (Å²) in [6.07, 6.45) is 0.847. The van der Waals surface area contributed by atoms with E-state index in [1.54, 1.807) is 29.2 Å². The van der Waals surface area contributed by atoms with Gasteiger partial charge in [-0.05, 0) is 36.2 Å². The zero-order valence-corrected chi connectivity index (χ0v) is 15.6. The van der Waals surface area contributed by atoms with Crippen molar-refractivity contribution in [2.24, 2.45) is 0 Å². The Bertz CT molecular complexity index is 835. The number of hydrogen-bond acceptors (Lipinski definition) is 4. The van der Waals surface area contributed by atoms with E-state index in [0.717, 1.165) is 5.56 Å². The van der Waals surface area contributed by atoms with Crippen LogP contribution in [0, 0.1) is 5.82 Å².